The summed E-state index contributed by atoms with van der Waals surface area (Å²) in [6.07, 6.45) is 1.89. The minimum atomic E-state index is -0.533. The molecule has 1 saturated heterocycles. The number of benzene rings is 1. The second-order valence-electron chi connectivity index (χ2n) is 5.59. The number of carbonyl (C=O) groups is 2. The van der Waals surface area contributed by atoms with E-state index in [1.807, 2.05) is 11.9 Å². The van der Waals surface area contributed by atoms with Gasteiger partial charge in [0.05, 0.1) is 0 Å². The molecule has 1 aromatic carbocycles. The molecular weight excluding hydrogens is 302 g/mol. The Morgan fingerprint density at radius 3 is 2.36 bits per heavy atom. The molecule has 0 bridgehead atoms. The number of amides is 2. The second-order valence-corrected chi connectivity index (χ2v) is 6.03. The summed E-state index contributed by atoms with van der Waals surface area (Å²) in [7, 11) is 1.94. The minimum Gasteiger partial charge on any atom is -0.341 e. The zero-order chi connectivity index (χ0) is 16.1. The fraction of sp³-hybridized carbons (Fsp3) is 0.500. The minimum absolute atomic E-state index is 0.0307. The fourth-order valence-electron chi connectivity index (χ4n) is 2.61. The molecule has 0 aliphatic carbocycles. The third-order valence-corrected chi connectivity index (χ3v) is 4.29. The molecule has 1 aliphatic heterocycles. The van der Waals surface area contributed by atoms with E-state index < -0.39 is 6.04 Å². The highest BCUT2D eigenvalue weighted by Crippen LogP contribution is 2.12. The normalized spacial score (nSPS) is 17.1. The molecule has 2 N–H and O–H groups in total. The number of nitrogens with zero attached hydrogens (tertiary/aromatic N) is 1. The summed E-state index contributed by atoms with van der Waals surface area (Å²) in [5, 5.41) is 6.56. The quantitative estimate of drug-likeness (QED) is 0.886. The van der Waals surface area contributed by atoms with Crippen molar-refractivity contribution in [2.75, 3.05) is 20.1 Å². The molecule has 1 atom stereocenters. The molecule has 1 unspecified atom stereocenters. The van der Waals surface area contributed by atoms with Gasteiger partial charge in [-0.1, -0.05) is 11.6 Å². The van der Waals surface area contributed by atoms with E-state index in [0.717, 1.165) is 25.9 Å². The molecule has 2 rings (SSSR count). The lowest BCUT2D eigenvalue weighted by Gasteiger charge is -2.33. The van der Waals surface area contributed by atoms with Crippen molar-refractivity contribution >= 4 is 23.4 Å². The van der Waals surface area contributed by atoms with Crippen molar-refractivity contribution in [3.05, 3.63) is 34.9 Å². The average Bonchev–Trinajstić information content (AvgIpc) is 2.54. The van der Waals surface area contributed by atoms with Crippen molar-refractivity contribution in [1.29, 1.82) is 0 Å². The second kappa shape index (κ2) is 7.61. The number of rotatable bonds is 4. The third-order valence-electron chi connectivity index (χ3n) is 4.04. The number of hydrogen-bond acceptors (Lipinski definition) is 3. The molecule has 1 heterocycles. The van der Waals surface area contributed by atoms with E-state index in [1.165, 1.54) is 0 Å². The molecule has 0 saturated carbocycles. The summed E-state index contributed by atoms with van der Waals surface area (Å²) in [5.74, 6) is -0.292. The summed E-state index contributed by atoms with van der Waals surface area (Å²) < 4.78 is 0. The van der Waals surface area contributed by atoms with Gasteiger partial charge in [0.2, 0.25) is 5.91 Å². The smallest absolute Gasteiger partial charge is 0.251 e. The van der Waals surface area contributed by atoms with Crippen LogP contribution in [0, 0.1) is 0 Å². The van der Waals surface area contributed by atoms with Gasteiger partial charge in [0.25, 0.3) is 5.91 Å². The Balaban J connectivity index is 1.88. The van der Waals surface area contributed by atoms with Crippen LogP contribution in [0.3, 0.4) is 0 Å². The van der Waals surface area contributed by atoms with Gasteiger partial charge in [-0.05, 0) is 51.1 Å². The van der Waals surface area contributed by atoms with Crippen LogP contribution in [0.25, 0.3) is 0 Å². The first-order valence-corrected chi connectivity index (χ1v) is 7.91. The SMILES string of the molecule is CNC1CCN(C(=O)C(C)NC(=O)c2ccc(Cl)cc2)CC1. The largest absolute Gasteiger partial charge is 0.341 e. The van der Waals surface area contributed by atoms with Gasteiger partial charge in [-0.15, -0.1) is 0 Å². The van der Waals surface area contributed by atoms with Crippen LogP contribution in [0.15, 0.2) is 24.3 Å². The molecule has 22 heavy (non-hydrogen) atoms. The Morgan fingerprint density at radius 1 is 1.23 bits per heavy atom. The summed E-state index contributed by atoms with van der Waals surface area (Å²) in [6.45, 7) is 3.18. The molecular formula is C16H22ClN3O2. The van der Waals surface area contributed by atoms with Gasteiger partial charge in [-0.2, -0.15) is 0 Å². The first kappa shape index (κ1) is 16.8. The summed E-state index contributed by atoms with van der Waals surface area (Å²) in [6, 6.07) is 6.55. The standard InChI is InChI=1S/C16H22ClN3O2/c1-11(16(22)20-9-7-14(18-2)8-10-20)19-15(21)12-3-5-13(17)6-4-12/h3-6,11,14,18H,7-10H2,1-2H3,(H,19,21). The zero-order valence-electron chi connectivity index (χ0n) is 12.9. The molecule has 6 heteroatoms. The third kappa shape index (κ3) is 4.21. The first-order chi connectivity index (χ1) is 10.5. The predicted octanol–water partition coefficient (Wildman–Crippen LogP) is 1.67. The lowest BCUT2D eigenvalue weighted by Crippen LogP contribution is -2.51. The lowest BCUT2D eigenvalue weighted by atomic mass is 10.0. The van der Waals surface area contributed by atoms with Gasteiger partial charge < -0.3 is 15.5 Å². The zero-order valence-corrected chi connectivity index (χ0v) is 13.7. The Kier molecular flexibility index (Phi) is 5.80. The lowest BCUT2D eigenvalue weighted by molar-refractivity contribution is -0.133. The molecule has 5 nitrogen and oxygen atoms in total. The highest BCUT2D eigenvalue weighted by Gasteiger charge is 2.26. The monoisotopic (exact) mass is 323 g/mol. The van der Waals surface area contributed by atoms with Gasteiger partial charge in [0.1, 0.15) is 6.04 Å². The van der Waals surface area contributed by atoms with Crippen LogP contribution >= 0.6 is 11.6 Å². The highest BCUT2D eigenvalue weighted by atomic mass is 35.5. The number of halogens is 1. The van der Waals surface area contributed by atoms with Gasteiger partial charge in [-0.25, -0.2) is 0 Å². The highest BCUT2D eigenvalue weighted by molar-refractivity contribution is 6.30. The van der Waals surface area contributed by atoms with Crippen LogP contribution < -0.4 is 10.6 Å². The maximum Gasteiger partial charge on any atom is 0.251 e. The van der Waals surface area contributed by atoms with E-state index in [9.17, 15) is 9.59 Å². The van der Waals surface area contributed by atoms with Gasteiger partial charge in [0, 0.05) is 29.7 Å². The van der Waals surface area contributed by atoms with Gasteiger partial charge in [0.15, 0.2) is 0 Å². The van der Waals surface area contributed by atoms with E-state index in [1.54, 1.807) is 31.2 Å². The number of hydrogen-bond donors (Lipinski definition) is 2. The molecule has 1 aromatic rings. The van der Waals surface area contributed by atoms with Crippen LogP contribution in [-0.4, -0.2) is 48.9 Å². The number of likely N-dealkylation sites (tertiary alicyclic amines) is 1. The van der Waals surface area contributed by atoms with Crippen LogP contribution in [0.4, 0.5) is 0 Å². The summed E-state index contributed by atoms with van der Waals surface area (Å²) >= 11 is 5.80. The maximum atomic E-state index is 12.4. The molecule has 0 aromatic heterocycles. The summed E-state index contributed by atoms with van der Waals surface area (Å²) in [5.41, 5.74) is 0.498. The van der Waals surface area contributed by atoms with Crippen LogP contribution in [0.1, 0.15) is 30.1 Å². The van der Waals surface area contributed by atoms with Crippen molar-refractivity contribution in [2.45, 2.75) is 31.8 Å². The number of nitrogens with one attached hydrogen (secondary N) is 2. The first-order valence-electron chi connectivity index (χ1n) is 7.53. The Hall–Kier alpha value is -1.59. The predicted molar refractivity (Wildman–Crippen MR) is 87.0 cm³/mol. The molecule has 2 amide bonds. The van der Waals surface area contributed by atoms with Crippen molar-refractivity contribution in [1.82, 2.24) is 15.5 Å². The van der Waals surface area contributed by atoms with Crippen LogP contribution in [0.5, 0.6) is 0 Å². The van der Waals surface area contributed by atoms with E-state index in [4.69, 9.17) is 11.6 Å². The maximum absolute atomic E-state index is 12.4. The summed E-state index contributed by atoms with van der Waals surface area (Å²) in [4.78, 5) is 26.3. The average molecular weight is 324 g/mol. The molecule has 120 valence electrons. The molecule has 1 fully saturated rings. The molecule has 0 radical (unpaired) electrons. The van der Waals surface area contributed by atoms with Gasteiger partial charge >= 0.3 is 0 Å². The number of piperidine rings is 1. The van der Waals surface area contributed by atoms with E-state index in [-0.39, 0.29) is 11.8 Å². The van der Waals surface area contributed by atoms with E-state index >= 15 is 0 Å². The van der Waals surface area contributed by atoms with Crippen LogP contribution in [-0.2, 0) is 4.79 Å². The molecule has 1 aliphatic rings. The van der Waals surface area contributed by atoms with Crippen molar-refractivity contribution in [3.63, 3.8) is 0 Å². The van der Waals surface area contributed by atoms with Gasteiger partial charge in [-0.3, -0.25) is 9.59 Å². The van der Waals surface area contributed by atoms with Crippen molar-refractivity contribution in [3.8, 4) is 0 Å². The van der Waals surface area contributed by atoms with Crippen LogP contribution in [0.2, 0.25) is 5.02 Å². The number of carbonyl (C=O) groups excluding carboxylic acids is 2. The Morgan fingerprint density at radius 2 is 1.82 bits per heavy atom. The van der Waals surface area contributed by atoms with E-state index in [0.29, 0.717) is 16.6 Å². The molecule has 0 spiro atoms. The van der Waals surface area contributed by atoms with Crippen molar-refractivity contribution < 1.29 is 9.59 Å². The van der Waals surface area contributed by atoms with Crippen molar-refractivity contribution in [2.24, 2.45) is 0 Å². The topological polar surface area (TPSA) is 61.4 Å². The Labute approximate surface area is 136 Å². The van der Waals surface area contributed by atoms with E-state index in [2.05, 4.69) is 10.6 Å². The Bertz CT molecular complexity index is 525. The fourth-order valence-corrected chi connectivity index (χ4v) is 2.73.